The van der Waals surface area contributed by atoms with Crippen LogP contribution >= 0.6 is 0 Å². The molecule has 1 aliphatic rings. The number of halogens is 3. The second-order valence-corrected chi connectivity index (χ2v) is 5.50. The van der Waals surface area contributed by atoms with E-state index in [-0.39, 0.29) is 0 Å². The van der Waals surface area contributed by atoms with Gasteiger partial charge in [0, 0.05) is 45.0 Å². The first-order chi connectivity index (χ1) is 9.86. The number of anilines is 1. The summed E-state index contributed by atoms with van der Waals surface area (Å²) in [6.45, 7) is 6.90. The SMILES string of the molecule is CC(CNc1ccc(C(F)(F)F)cn1)N1CCN(C)CC1. The van der Waals surface area contributed by atoms with Crippen LogP contribution in [0, 0.1) is 0 Å². The van der Waals surface area contributed by atoms with E-state index in [0.717, 1.165) is 38.4 Å². The Morgan fingerprint density at radius 3 is 2.43 bits per heavy atom. The maximum absolute atomic E-state index is 12.4. The van der Waals surface area contributed by atoms with Gasteiger partial charge < -0.3 is 10.2 Å². The number of pyridine rings is 1. The Balaban J connectivity index is 1.82. The van der Waals surface area contributed by atoms with E-state index in [9.17, 15) is 13.2 Å². The van der Waals surface area contributed by atoms with E-state index in [2.05, 4.69) is 34.1 Å². The molecule has 4 nitrogen and oxygen atoms in total. The van der Waals surface area contributed by atoms with E-state index in [1.807, 2.05) is 0 Å². The van der Waals surface area contributed by atoms with Crippen molar-refractivity contribution in [3.05, 3.63) is 23.9 Å². The predicted octanol–water partition coefficient (Wildman–Crippen LogP) is 2.15. The van der Waals surface area contributed by atoms with E-state index in [1.54, 1.807) is 0 Å². The van der Waals surface area contributed by atoms with Crippen LogP contribution < -0.4 is 5.32 Å². The van der Waals surface area contributed by atoms with Gasteiger partial charge in [0.2, 0.25) is 0 Å². The summed E-state index contributed by atoms with van der Waals surface area (Å²) in [6.07, 6.45) is -3.47. The first-order valence-corrected chi connectivity index (χ1v) is 7.06. The molecule has 1 atom stereocenters. The summed E-state index contributed by atoms with van der Waals surface area (Å²) in [7, 11) is 2.10. The molecule has 2 heterocycles. The molecule has 21 heavy (non-hydrogen) atoms. The van der Waals surface area contributed by atoms with Crippen LogP contribution in [-0.2, 0) is 6.18 Å². The van der Waals surface area contributed by atoms with E-state index in [4.69, 9.17) is 0 Å². The highest BCUT2D eigenvalue weighted by molar-refractivity contribution is 5.36. The van der Waals surface area contributed by atoms with Gasteiger partial charge in [-0.1, -0.05) is 0 Å². The number of aromatic nitrogens is 1. The molecule has 1 aromatic heterocycles. The Morgan fingerprint density at radius 2 is 1.90 bits per heavy atom. The average molecular weight is 302 g/mol. The van der Waals surface area contributed by atoms with Gasteiger partial charge in [-0.05, 0) is 26.1 Å². The molecule has 0 radical (unpaired) electrons. The lowest BCUT2D eigenvalue weighted by atomic mass is 10.2. The summed E-state index contributed by atoms with van der Waals surface area (Å²) in [6, 6.07) is 2.75. The van der Waals surface area contributed by atoms with Crippen molar-refractivity contribution in [3.8, 4) is 0 Å². The molecular formula is C14H21F3N4. The van der Waals surface area contributed by atoms with Crippen LogP contribution in [0.4, 0.5) is 19.0 Å². The van der Waals surface area contributed by atoms with Crippen LogP contribution in [-0.4, -0.2) is 60.6 Å². The molecule has 0 aliphatic carbocycles. The van der Waals surface area contributed by atoms with E-state index >= 15 is 0 Å². The molecule has 0 spiro atoms. The molecule has 7 heteroatoms. The van der Waals surface area contributed by atoms with Crippen molar-refractivity contribution < 1.29 is 13.2 Å². The van der Waals surface area contributed by atoms with Gasteiger partial charge in [0.05, 0.1) is 5.56 Å². The zero-order valence-electron chi connectivity index (χ0n) is 12.3. The van der Waals surface area contributed by atoms with Crippen LogP contribution in [0.25, 0.3) is 0 Å². The van der Waals surface area contributed by atoms with Gasteiger partial charge in [0.15, 0.2) is 0 Å². The van der Waals surface area contributed by atoms with Crippen molar-refractivity contribution in [3.63, 3.8) is 0 Å². The first-order valence-electron chi connectivity index (χ1n) is 7.06. The van der Waals surface area contributed by atoms with Gasteiger partial charge in [-0.2, -0.15) is 13.2 Å². The van der Waals surface area contributed by atoms with Crippen molar-refractivity contribution in [1.82, 2.24) is 14.8 Å². The Bertz CT molecular complexity index is 439. The highest BCUT2D eigenvalue weighted by Gasteiger charge is 2.30. The summed E-state index contributed by atoms with van der Waals surface area (Å²) in [5.74, 6) is 0.476. The predicted molar refractivity (Wildman–Crippen MR) is 76.3 cm³/mol. The summed E-state index contributed by atoms with van der Waals surface area (Å²) in [4.78, 5) is 8.47. The lowest BCUT2D eigenvalue weighted by Crippen LogP contribution is -2.49. The van der Waals surface area contributed by atoms with Gasteiger partial charge in [0.1, 0.15) is 5.82 Å². The molecule has 1 unspecified atom stereocenters. The van der Waals surface area contributed by atoms with E-state index in [0.29, 0.717) is 18.4 Å². The highest BCUT2D eigenvalue weighted by atomic mass is 19.4. The van der Waals surface area contributed by atoms with Crippen molar-refractivity contribution in [2.45, 2.75) is 19.1 Å². The molecule has 1 fully saturated rings. The largest absolute Gasteiger partial charge is 0.417 e. The maximum Gasteiger partial charge on any atom is 0.417 e. The molecular weight excluding hydrogens is 281 g/mol. The van der Waals surface area contributed by atoms with E-state index < -0.39 is 11.7 Å². The third-order valence-electron chi connectivity index (χ3n) is 3.83. The first kappa shape index (κ1) is 16.0. The fraction of sp³-hybridized carbons (Fsp3) is 0.643. The van der Waals surface area contributed by atoms with Gasteiger partial charge in [-0.3, -0.25) is 4.90 Å². The fourth-order valence-electron chi connectivity index (χ4n) is 2.31. The van der Waals surface area contributed by atoms with Gasteiger partial charge >= 0.3 is 6.18 Å². The minimum Gasteiger partial charge on any atom is -0.369 e. The molecule has 0 saturated carbocycles. The number of hydrogen-bond acceptors (Lipinski definition) is 4. The molecule has 0 aromatic carbocycles. The molecule has 118 valence electrons. The number of likely N-dealkylation sites (N-methyl/N-ethyl adjacent to an activating group) is 1. The maximum atomic E-state index is 12.4. The van der Waals surface area contributed by atoms with Gasteiger partial charge in [-0.15, -0.1) is 0 Å². The molecule has 0 amide bonds. The van der Waals surface area contributed by atoms with E-state index in [1.165, 1.54) is 6.07 Å². The minimum absolute atomic E-state index is 0.322. The second-order valence-electron chi connectivity index (χ2n) is 5.50. The monoisotopic (exact) mass is 302 g/mol. The Hall–Kier alpha value is -1.34. The number of nitrogens with one attached hydrogen (secondary N) is 1. The summed E-state index contributed by atoms with van der Waals surface area (Å²) >= 11 is 0. The zero-order valence-corrected chi connectivity index (χ0v) is 12.3. The molecule has 1 N–H and O–H groups in total. The minimum atomic E-state index is -4.33. The van der Waals surface area contributed by atoms with Gasteiger partial charge in [0.25, 0.3) is 0 Å². The summed E-state index contributed by atoms with van der Waals surface area (Å²) in [5.41, 5.74) is -0.722. The van der Waals surface area contributed by atoms with Crippen molar-refractivity contribution >= 4 is 5.82 Å². The van der Waals surface area contributed by atoms with Crippen molar-refractivity contribution in [2.75, 3.05) is 45.1 Å². The quantitative estimate of drug-likeness (QED) is 0.923. The lowest BCUT2D eigenvalue weighted by Gasteiger charge is -2.36. The number of alkyl halides is 3. The van der Waals surface area contributed by atoms with Gasteiger partial charge in [-0.25, -0.2) is 4.98 Å². The highest BCUT2D eigenvalue weighted by Crippen LogP contribution is 2.28. The smallest absolute Gasteiger partial charge is 0.369 e. The Labute approximate surface area is 122 Å². The molecule has 2 rings (SSSR count). The number of piperazine rings is 1. The van der Waals surface area contributed by atoms with Crippen LogP contribution in [0.3, 0.4) is 0 Å². The van der Waals surface area contributed by atoms with Crippen molar-refractivity contribution in [2.24, 2.45) is 0 Å². The molecule has 0 bridgehead atoms. The van der Waals surface area contributed by atoms with Crippen LogP contribution in [0.1, 0.15) is 12.5 Å². The third-order valence-corrected chi connectivity index (χ3v) is 3.83. The number of nitrogens with zero attached hydrogens (tertiary/aromatic N) is 3. The zero-order chi connectivity index (χ0) is 15.5. The number of hydrogen-bond donors (Lipinski definition) is 1. The Morgan fingerprint density at radius 1 is 1.24 bits per heavy atom. The Kier molecular flexibility index (Phi) is 5.05. The molecule has 1 saturated heterocycles. The summed E-state index contributed by atoms with van der Waals surface area (Å²) < 4.78 is 37.3. The topological polar surface area (TPSA) is 31.4 Å². The second kappa shape index (κ2) is 6.62. The molecule has 1 aliphatic heterocycles. The fourth-order valence-corrected chi connectivity index (χ4v) is 2.31. The summed E-state index contributed by atoms with van der Waals surface area (Å²) in [5, 5.41) is 3.10. The van der Waals surface area contributed by atoms with Crippen LogP contribution in [0.5, 0.6) is 0 Å². The third kappa shape index (κ3) is 4.57. The van der Waals surface area contributed by atoms with Crippen LogP contribution in [0.15, 0.2) is 18.3 Å². The normalized spacial score (nSPS) is 19.5. The molecule has 1 aromatic rings. The van der Waals surface area contributed by atoms with Crippen LogP contribution in [0.2, 0.25) is 0 Å². The number of rotatable bonds is 4. The standard InChI is InChI=1S/C14H21F3N4/c1-11(21-7-5-20(2)6-8-21)9-18-13-4-3-12(10-19-13)14(15,16)17/h3-4,10-11H,5-9H2,1-2H3,(H,18,19). The average Bonchev–Trinajstić information content (AvgIpc) is 2.45. The lowest BCUT2D eigenvalue weighted by molar-refractivity contribution is -0.137. The van der Waals surface area contributed by atoms with Crippen molar-refractivity contribution in [1.29, 1.82) is 0 Å².